The molecule has 0 bridgehead atoms. The van der Waals surface area contributed by atoms with Gasteiger partial charge in [-0.15, -0.1) is 0 Å². The number of esters is 1. The molecule has 0 amide bonds. The van der Waals surface area contributed by atoms with Crippen LogP contribution in [0.2, 0.25) is 0 Å². The van der Waals surface area contributed by atoms with Crippen LogP contribution >= 0.6 is 0 Å². The molecule has 0 aromatic heterocycles. The van der Waals surface area contributed by atoms with Crippen molar-refractivity contribution in [2.75, 3.05) is 0 Å². The van der Waals surface area contributed by atoms with Gasteiger partial charge in [-0.1, -0.05) is 44.9 Å². The third-order valence-corrected chi connectivity index (χ3v) is 10.0. The molecule has 41 heavy (non-hydrogen) atoms. The lowest BCUT2D eigenvalue weighted by Crippen LogP contribution is -2.25. The van der Waals surface area contributed by atoms with Crippen LogP contribution < -0.4 is 4.74 Å². The fourth-order valence-electron chi connectivity index (χ4n) is 7.03. The Morgan fingerprint density at radius 1 is 0.610 bits per heavy atom. The molecule has 226 valence electrons. The molecule has 3 fully saturated rings. The number of aryl methyl sites for hydroxylation is 2. The smallest absolute Gasteiger partial charge is 0.314 e. The number of benzene rings is 2. The average molecular weight is 575 g/mol. The Balaban J connectivity index is 0.000000191. The second kappa shape index (κ2) is 14.2. The van der Waals surface area contributed by atoms with Crippen molar-refractivity contribution in [1.82, 2.24) is 0 Å². The van der Waals surface area contributed by atoms with Crippen molar-refractivity contribution >= 4 is 5.97 Å². The highest BCUT2D eigenvalue weighted by Crippen LogP contribution is 2.44. The maximum atomic E-state index is 14.2. The Morgan fingerprint density at radius 2 is 1.07 bits per heavy atom. The number of halogens is 4. The van der Waals surface area contributed by atoms with Gasteiger partial charge in [-0.3, -0.25) is 4.79 Å². The number of rotatable bonds is 4. The van der Waals surface area contributed by atoms with Crippen molar-refractivity contribution in [3.63, 3.8) is 0 Å². The normalized spacial score (nSPS) is 28.4. The summed E-state index contributed by atoms with van der Waals surface area (Å²) in [5.41, 5.74) is 1.22. The van der Waals surface area contributed by atoms with Gasteiger partial charge in [-0.25, -0.2) is 13.2 Å². The van der Waals surface area contributed by atoms with E-state index >= 15 is 0 Å². The van der Waals surface area contributed by atoms with Gasteiger partial charge in [-0.2, -0.15) is 4.39 Å². The van der Waals surface area contributed by atoms with Crippen molar-refractivity contribution < 1.29 is 27.1 Å². The monoisotopic (exact) mass is 574 g/mol. The van der Waals surface area contributed by atoms with Crippen molar-refractivity contribution in [3.8, 4) is 5.75 Å². The Kier molecular flexibility index (Phi) is 10.9. The Bertz CT molecular complexity index is 1170. The molecule has 6 heteroatoms. The van der Waals surface area contributed by atoms with Crippen LogP contribution in [0.15, 0.2) is 24.3 Å². The van der Waals surface area contributed by atoms with E-state index in [1.54, 1.807) is 19.1 Å². The van der Waals surface area contributed by atoms with Gasteiger partial charge in [0.05, 0.1) is 5.92 Å². The SMILES string of the molecule is Cc1ccc(C2CCC(C3CCC(C)CC3)CC2)c(F)c1F.Cc1ccc(OC(=O)C2CCC(C)CC2)c(F)c1F. The van der Waals surface area contributed by atoms with E-state index in [0.717, 1.165) is 56.3 Å². The second-order valence-corrected chi connectivity index (χ2v) is 13.1. The van der Waals surface area contributed by atoms with Gasteiger partial charge in [0, 0.05) is 0 Å². The summed E-state index contributed by atoms with van der Waals surface area (Å²) in [6, 6.07) is 6.24. The highest BCUT2D eigenvalue weighted by atomic mass is 19.2. The van der Waals surface area contributed by atoms with Crippen molar-refractivity contribution in [1.29, 1.82) is 0 Å². The minimum absolute atomic E-state index is 0.194. The summed E-state index contributed by atoms with van der Waals surface area (Å²) in [5, 5.41) is 0. The van der Waals surface area contributed by atoms with Crippen LogP contribution in [0.3, 0.4) is 0 Å². The van der Waals surface area contributed by atoms with Crippen LogP contribution in [-0.4, -0.2) is 5.97 Å². The van der Waals surface area contributed by atoms with Crippen LogP contribution in [0.1, 0.15) is 114 Å². The van der Waals surface area contributed by atoms with E-state index in [0.29, 0.717) is 17.0 Å². The van der Waals surface area contributed by atoms with Gasteiger partial charge in [0.15, 0.2) is 23.2 Å². The quantitative estimate of drug-likeness (QED) is 0.206. The number of ether oxygens (including phenoxy) is 1. The molecule has 0 saturated heterocycles. The molecule has 3 aliphatic rings. The third kappa shape index (κ3) is 7.93. The molecular formula is C35H46F4O2. The highest BCUT2D eigenvalue weighted by Gasteiger charge is 2.32. The zero-order valence-electron chi connectivity index (χ0n) is 25.1. The summed E-state index contributed by atoms with van der Waals surface area (Å²) < 4.78 is 59.9. The maximum Gasteiger partial charge on any atom is 0.314 e. The second-order valence-electron chi connectivity index (χ2n) is 13.1. The van der Waals surface area contributed by atoms with Crippen molar-refractivity contribution in [2.24, 2.45) is 29.6 Å². The summed E-state index contributed by atoms with van der Waals surface area (Å²) in [6.07, 6.45) is 13.4. The van der Waals surface area contributed by atoms with Crippen molar-refractivity contribution in [2.45, 2.75) is 111 Å². The van der Waals surface area contributed by atoms with Gasteiger partial charge < -0.3 is 4.74 Å². The Morgan fingerprint density at radius 3 is 1.63 bits per heavy atom. The number of carbonyl (C=O) groups excluding carboxylic acids is 1. The standard InChI is InChI=1S/C20H28F2.C15H18F2O2/c1-13-3-6-15(7-4-13)16-8-10-17(11-9-16)18-12-5-14(2)19(21)20(18)22;1-9-3-6-11(7-4-9)15(18)19-12-8-5-10(2)13(16)14(12)17/h5,12-13,15-17H,3-4,6-11H2,1-2H3;5,8-9,11H,3-4,6-7H2,1-2H3. The van der Waals surface area contributed by atoms with Gasteiger partial charge in [0.2, 0.25) is 5.82 Å². The van der Waals surface area contributed by atoms with Crippen LogP contribution in [0.4, 0.5) is 17.6 Å². The van der Waals surface area contributed by atoms with Crippen LogP contribution in [0.25, 0.3) is 0 Å². The molecule has 2 aromatic carbocycles. The van der Waals surface area contributed by atoms with E-state index in [9.17, 15) is 22.4 Å². The van der Waals surface area contributed by atoms with Crippen molar-refractivity contribution in [3.05, 3.63) is 64.2 Å². The first-order valence-electron chi connectivity index (χ1n) is 15.7. The van der Waals surface area contributed by atoms with Gasteiger partial charge in [-0.05, 0) is 130 Å². The number of hydrogen-bond acceptors (Lipinski definition) is 2. The molecule has 3 saturated carbocycles. The topological polar surface area (TPSA) is 26.3 Å². The van der Waals surface area contributed by atoms with E-state index in [-0.39, 0.29) is 23.1 Å². The summed E-state index contributed by atoms with van der Waals surface area (Å²) >= 11 is 0. The zero-order valence-corrected chi connectivity index (χ0v) is 25.1. The lowest BCUT2D eigenvalue weighted by molar-refractivity contribution is -0.140. The minimum atomic E-state index is -1.09. The third-order valence-electron chi connectivity index (χ3n) is 10.0. The molecule has 0 N–H and O–H groups in total. The summed E-state index contributed by atoms with van der Waals surface area (Å²) in [6.45, 7) is 7.61. The van der Waals surface area contributed by atoms with E-state index in [1.807, 2.05) is 0 Å². The molecule has 2 nitrogen and oxygen atoms in total. The molecule has 0 unspecified atom stereocenters. The minimum Gasteiger partial charge on any atom is -0.423 e. The van der Waals surface area contributed by atoms with Crippen LogP contribution in [0.5, 0.6) is 5.75 Å². The highest BCUT2D eigenvalue weighted by molar-refractivity contribution is 5.75. The molecule has 2 aromatic rings. The molecule has 0 spiro atoms. The first-order valence-corrected chi connectivity index (χ1v) is 15.7. The predicted octanol–water partition coefficient (Wildman–Crippen LogP) is 10.4. The summed E-state index contributed by atoms with van der Waals surface area (Å²) in [7, 11) is 0. The van der Waals surface area contributed by atoms with Gasteiger partial charge in [0.1, 0.15) is 0 Å². The molecule has 0 aliphatic heterocycles. The Labute approximate surface area is 243 Å². The van der Waals surface area contributed by atoms with E-state index in [4.69, 9.17) is 4.74 Å². The first kappa shape index (κ1) is 31.6. The number of hydrogen-bond donors (Lipinski definition) is 0. The van der Waals surface area contributed by atoms with E-state index < -0.39 is 29.2 Å². The molecule has 0 radical (unpaired) electrons. The largest absolute Gasteiger partial charge is 0.423 e. The van der Waals surface area contributed by atoms with Gasteiger partial charge in [0.25, 0.3) is 0 Å². The zero-order chi connectivity index (χ0) is 29.7. The lowest BCUT2D eigenvalue weighted by Gasteiger charge is -2.37. The average Bonchev–Trinajstić information content (AvgIpc) is 2.97. The predicted molar refractivity (Wildman–Crippen MR) is 155 cm³/mol. The molecule has 3 aliphatic carbocycles. The van der Waals surface area contributed by atoms with Gasteiger partial charge >= 0.3 is 5.97 Å². The van der Waals surface area contributed by atoms with Crippen LogP contribution in [-0.2, 0) is 4.79 Å². The maximum absolute atomic E-state index is 14.2. The van der Waals surface area contributed by atoms with E-state index in [2.05, 4.69) is 13.8 Å². The number of carbonyl (C=O) groups is 1. The summed E-state index contributed by atoms with van der Waals surface area (Å²) in [5.74, 6) is -0.806. The Hall–Kier alpha value is -2.37. The molecule has 5 rings (SSSR count). The fourth-order valence-corrected chi connectivity index (χ4v) is 7.03. The lowest BCUT2D eigenvalue weighted by atomic mass is 9.68. The van der Waals surface area contributed by atoms with Crippen LogP contribution in [0, 0.1) is 66.7 Å². The molecule has 0 heterocycles. The fraction of sp³-hybridized carbons (Fsp3) is 0.629. The van der Waals surface area contributed by atoms with E-state index in [1.165, 1.54) is 57.6 Å². The first-order chi connectivity index (χ1) is 19.5. The molecule has 0 atom stereocenters. The molecular weight excluding hydrogens is 528 g/mol. The summed E-state index contributed by atoms with van der Waals surface area (Å²) in [4.78, 5) is 11.9.